The molecule has 0 saturated heterocycles. The molecule has 0 radical (unpaired) electrons. The molecule has 0 spiro atoms. The molecule has 4 fully saturated rings. The van der Waals surface area contributed by atoms with Crippen molar-refractivity contribution in [3.8, 4) is 0 Å². The highest BCUT2D eigenvalue weighted by Gasteiger charge is 2.50. The summed E-state index contributed by atoms with van der Waals surface area (Å²) in [5.41, 5.74) is 0. The summed E-state index contributed by atoms with van der Waals surface area (Å²) in [4.78, 5) is 12.4. The molecule has 0 atom stereocenters. The average molecular weight is 265 g/mol. The number of carbonyl (C=O) groups excluding carboxylic acids is 1. The molecule has 4 rings (SSSR count). The first-order valence-electron chi connectivity index (χ1n) is 8.13. The Morgan fingerprint density at radius 2 is 1.74 bits per heavy atom. The van der Waals surface area contributed by atoms with E-state index in [1.165, 1.54) is 32.1 Å². The fourth-order valence-corrected chi connectivity index (χ4v) is 5.00. The van der Waals surface area contributed by atoms with Gasteiger partial charge in [-0.2, -0.15) is 0 Å². The molecule has 4 saturated carbocycles. The minimum atomic E-state index is 0.333. The zero-order valence-corrected chi connectivity index (χ0v) is 12.1. The third-order valence-corrected chi connectivity index (χ3v) is 5.50. The number of carbonyl (C=O) groups is 1. The van der Waals surface area contributed by atoms with Crippen LogP contribution in [0.25, 0.3) is 0 Å². The summed E-state index contributed by atoms with van der Waals surface area (Å²) >= 11 is 0. The quantitative estimate of drug-likeness (QED) is 0.750. The van der Waals surface area contributed by atoms with Crippen LogP contribution in [0.3, 0.4) is 0 Å². The maximum absolute atomic E-state index is 12.4. The summed E-state index contributed by atoms with van der Waals surface area (Å²) in [7, 11) is 0. The zero-order valence-electron chi connectivity index (χ0n) is 12.1. The number of hydrogen-bond acceptors (Lipinski definition) is 2. The van der Waals surface area contributed by atoms with Crippen molar-refractivity contribution in [1.29, 1.82) is 0 Å². The van der Waals surface area contributed by atoms with Gasteiger partial charge in [0.2, 0.25) is 5.91 Å². The van der Waals surface area contributed by atoms with E-state index in [1.54, 1.807) is 0 Å². The Kier molecular flexibility index (Phi) is 4.11. The SMILES string of the molecule is CCOCCCNC(=O)C1C2CC3CC(C2)CC1C3. The van der Waals surface area contributed by atoms with E-state index in [2.05, 4.69) is 5.32 Å². The van der Waals surface area contributed by atoms with E-state index in [9.17, 15) is 4.79 Å². The lowest BCUT2D eigenvalue weighted by atomic mass is 9.51. The molecule has 0 aromatic rings. The molecular formula is C16H27NO2. The topological polar surface area (TPSA) is 38.3 Å². The van der Waals surface area contributed by atoms with E-state index in [0.29, 0.717) is 23.7 Å². The summed E-state index contributed by atoms with van der Waals surface area (Å²) in [5.74, 6) is 3.96. The van der Waals surface area contributed by atoms with Gasteiger partial charge < -0.3 is 10.1 Å². The van der Waals surface area contributed by atoms with Crippen molar-refractivity contribution in [3.05, 3.63) is 0 Å². The van der Waals surface area contributed by atoms with Crippen LogP contribution < -0.4 is 5.32 Å². The molecule has 4 aliphatic rings. The van der Waals surface area contributed by atoms with E-state index in [0.717, 1.165) is 38.0 Å². The second kappa shape index (κ2) is 5.82. The van der Waals surface area contributed by atoms with Crippen molar-refractivity contribution in [2.24, 2.45) is 29.6 Å². The normalized spacial score (nSPS) is 39.5. The molecule has 3 heteroatoms. The lowest BCUT2D eigenvalue weighted by Crippen LogP contribution is -2.51. The van der Waals surface area contributed by atoms with Crippen molar-refractivity contribution in [1.82, 2.24) is 5.32 Å². The summed E-state index contributed by atoms with van der Waals surface area (Å²) < 4.78 is 5.30. The van der Waals surface area contributed by atoms with Gasteiger partial charge >= 0.3 is 0 Å². The van der Waals surface area contributed by atoms with Gasteiger partial charge in [-0.1, -0.05) is 0 Å². The Bertz CT molecular complexity index is 301. The molecular weight excluding hydrogens is 238 g/mol. The Balaban J connectivity index is 1.47. The summed E-state index contributed by atoms with van der Waals surface area (Å²) in [5, 5.41) is 3.15. The smallest absolute Gasteiger partial charge is 0.223 e. The summed E-state index contributed by atoms with van der Waals surface area (Å²) in [6.07, 6.45) is 7.69. The van der Waals surface area contributed by atoms with Gasteiger partial charge in [-0.25, -0.2) is 0 Å². The van der Waals surface area contributed by atoms with Crippen molar-refractivity contribution < 1.29 is 9.53 Å². The van der Waals surface area contributed by atoms with Crippen molar-refractivity contribution in [2.75, 3.05) is 19.8 Å². The van der Waals surface area contributed by atoms with E-state index in [1.807, 2.05) is 6.92 Å². The lowest BCUT2D eigenvalue weighted by Gasteiger charge is -2.53. The van der Waals surface area contributed by atoms with Crippen molar-refractivity contribution in [3.63, 3.8) is 0 Å². The molecule has 4 bridgehead atoms. The molecule has 0 aromatic heterocycles. The molecule has 4 aliphatic carbocycles. The summed E-state index contributed by atoms with van der Waals surface area (Å²) in [6, 6.07) is 0. The van der Waals surface area contributed by atoms with Gasteiger partial charge in [0.05, 0.1) is 0 Å². The van der Waals surface area contributed by atoms with Gasteiger partial charge in [-0.15, -0.1) is 0 Å². The minimum absolute atomic E-state index is 0.333. The molecule has 0 aliphatic heterocycles. The van der Waals surface area contributed by atoms with Crippen LogP contribution in [0, 0.1) is 29.6 Å². The van der Waals surface area contributed by atoms with E-state index >= 15 is 0 Å². The van der Waals surface area contributed by atoms with Gasteiger partial charge in [-0.3, -0.25) is 4.79 Å². The predicted molar refractivity (Wildman–Crippen MR) is 74.7 cm³/mol. The molecule has 108 valence electrons. The Morgan fingerprint density at radius 1 is 1.11 bits per heavy atom. The second-order valence-corrected chi connectivity index (χ2v) is 6.80. The van der Waals surface area contributed by atoms with Gasteiger partial charge in [-0.05, 0) is 69.1 Å². The Hall–Kier alpha value is -0.570. The van der Waals surface area contributed by atoms with Crippen LogP contribution in [-0.2, 0) is 9.53 Å². The highest BCUT2D eigenvalue weighted by atomic mass is 16.5. The fourth-order valence-electron chi connectivity index (χ4n) is 5.00. The maximum atomic E-state index is 12.4. The van der Waals surface area contributed by atoms with Crippen LogP contribution in [-0.4, -0.2) is 25.7 Å². The Labute approximate surface area is 116 Å². The molecule has 3 nitrogen and oxygen atoms in total. The first-order valence-corrected chi connectivity index (χ1v) is 8.13. The number of amides is 1. The van der Waals surface area contributed by atoms with Crippen molar-refractivity contribution >= 4 is 5.91 Å². The van der Waals surface area contributed by atoms with Crippen LogP contribution in [0.2, 0.25) is 0 Å². The number of rotatable bonds is 6. The number of hydrogen-bond donors (Lipinski definition) is 1. The van der Waals surface area contributed by atoms with Gasteiger partial charge in [0.15, 0.2) is 0 Å². The Morgan fingerprint density at radius 3 is 2.32 bits per heavy atom. The fraction of sp³-hybridized carbons (Fsp3) is 0.938. The second-order valence-electron chi connectivity index (χ2n) is 6.80. The zero-order chi connectivity index (χ0) is 13.2. The molecule has 19 heavy (non-hydrogen) atoms. The van der Waals surface area contributed by atoms with Crippen LogP contribution in [0.1, 0.15) is 45.4 Å². The predicted octanol–water partition coefficient (Wildman–Crippen LogP) is 2.60. The van der Waals surface area contributed by atoms with Crippen molar-refractivity contribution in [2.45, 2.75) is 45.4 Å². The number of ether oxygens (including phenoxy) is 1. The van der Waals surface area contributed by atoms with Crippen LogP contribution in [0.5, 0.6) is 0 Å². The van der Waals surface area contributed by atoms with Gasteiger partial charge in [0.1, 0.15) is 0 Å². The van der Waals surface area contributed by atoms with E-state index < -0.39 is 0 Å². The highest BCUT2D eigenvalue weighted by Crippen LogP contribution is 2.56. The first kappa shape index (κ1) is 13.4. The molecule has 0 aromatic carbocycles. The van der Waals surface area contributed by atoms with Crippen LogP contribution >= 0.6 is 0 Å². The molecule has 0 heterocycles. The van der Waals surface area contributed by atoms with Gasteiger partial charge in [0, 0.05) is 25.7 Å². The number of nitrogens with one attached hydrogen (secondary N) is 1. The average Bonchev–Trinajstić information content (AvgIpc) is 2.37. The maximum Gasteiger partial charge on any atom is 0.223 e. The largest absolute Gasteiger partial charge is 0.382 e. The third kappa shape index (κ3) is 2.81. The minimum Gasteiger partial charge on any atom is -0.382 e. The highest BCUT2D eigenvalue weighted by molar-refractivity contribution is 5.79. The van der Waals surface area contributed by atoms with E-state index in [4.69, 9.17) is 4.74 Å². The lowest BCUT2D eigenvalue weighted by molar-refractivity contribution is -0.138. The summed E-state index contributed by atoms with van der Waals surface area (Å²) in [6.45, 7) is 4.32. The van der Waals surface area contributed by atoms with Gasteiger partial charge in [0.25, 0.3) is 0 Å². The molecule has 1 N–H and O–H groups in total. The first-order chi connectivity index (χ1) is 9.28. The van der Waals surface area contributed by atoms with Crippen LogP contribution in [0.4, 0.5) is 0 Å². The third-order valence-electron chi connectivity index (χ3n) is 5.50. The monoisotopic (exact) mass is 265 g/mol. The van der Waals surface area contributed by atoms with E-state index in [-0.39, 0.29) is 0 Å². The van der Waals surface area contributed by atoms with Crippen LogP contribution in [0.15, 0.2) is 0 Å². The molecule has 0 unspecified atom stereocenters. The molecule has 1 amide bonds. The standard InChI is InChI=1S/C16H27NO2/c1-2-19-5-3-4-17-16(18)15-13-7-11-6-12(9-13)10-14(15)8-11/h11-15H,2-10H2,1H3,(H,17,18).